The SMILES string of the molecule is COc1ccc(-c2cn3c(-c4ccc5ncccc5c4)cnc3cn2)cn1. The van der Waals surface area contributed by atoms with Gasteiger partial charge < -0.3 is 4.74 Å². The fourth-order valence-corrected chi connectivity index (χ4v) is 3.14. The summed E-state index contributed by atoms with van der Waals surface area (Å²) in [7, 11) is 1.60. The van der Waals surface area contributed by atoms with E-state index in [0.29, 0.717) is 5.88 Å². The molecule has 5 aromatic rings. The standard InChI is InChI=1S/C21H15N5O/c1-27-21-7-5-16(10-25-21)18-13-26-19(11-24-20(26)12-23-18)15-4-6-17-14(9-15)3-2-8-22-17/h2-13H,1H3. The second-order valence-corrected chi connectivity index (χ2v) is 6.14. The minimum Gasteiger partial charge on any atom is -0.481 e. The van der Waals surface area contributed by atoms with Crippen LogP contribution >= 0.6 is 0 Å². The maximum Gasteiger partial charge on any atom is 0.212 e. The molecule has 5 rings (SSSR count). The first-order valence-corrected chi connectivity index (χ1v) is 8.50. The second kappa shape index (κ2) is 6.17. The average molecular weight is 353 g/mol. The molecular weight excluding hydrogens is 338 g/mol. The monoisotopic (exact) mass is 353 g/mol. The van der Waals surface area contributed by atoms with Gasteiger partial charge in [-0.1, -0.05) is 12.1 Å². The molecular formula is C21H15N5O. The lowest BCUT2D eigenvalue weighted by Gasteiger charge is -2.06. The lowest BCUT2D eigenvalue weighted by atomic mass is 10.1. The molecule has 27 heavy (non-hydrogen) atoms. The predicted molar refractivity (Wildman–Crippen MR) is 104 cm³/mol. The summed E-state index contributed by atoms with van der Waals surface area (Å²) in [6.07, 6.45) is 9.17. The summed E-state index contributed by atoms with van der Waals surface area (Å²) in [5.41, 5.74) is 5.58. The Morgan fingerprint density at radius 2 is 1.78 bits per heavy atom. The summed E-state index contributed by atoms with van der Waals surface area (Å²) in [6, 6.07) is 14.0. The number of nitrogens with zero attached hydrogens (tertiary/aromatic N) is 5. The maximum atomic E-state index is 5.12. The van der Waals surface area contributed by atoms with Crippen LogP contribution < -0.4 is 4.74 Å². The molecule has 1 aromatic carbocycles. The fourth-order valence-electron chi connectivity index (χ4n) is 3.14. The topological polar surface area (TPSA) is 65.2 Å². The summed E-state index contributed by atoms with van der Waals surface area (Å²) < 4.78 is 7.17. The van der Waals surface area contributed by atoms with Gasteiger partial charge in [0.05, 0.1) is 36.4 Å². The van der Waals surface area contributed by atoms with Crippen LogP contribution in [0, 0.1) is 0 Å². The summed E-state index contributed by atoms with van der Waals surface area (Å²) in [5.74, 6) is 0.577. The molecule has 0 saturated heterocycles. The van der Waals surface area contributed by atoms with Crippen molar-refractivity contribution >= 4 is 16.6 Å². The third-order valence-electron chi connectivity index (χ3n) is 4.54. The van der Waals surface area contributed by atoms with Gasteiger partial charge in [0.15, 0.2) is 5.65 Å². The van der Waals surface area contributed by atoms with Crippen molar-refractivity contribution in [1.82, 2.24) is 24.3 Å². The van der Waals surface area contributed by atoms with Crippen molar-refractivity contribution in [2.75, 3.05) is 7.11 Å². The number of fused-ring (bicyclic) bond motifs is 2. The Morgan fingerprint density at radius 1 is 0.852 bits per heavy atom. The Labute approximate surface area is 155 Å². The number of hydrogen-bond donors (Lipinski definition) is 0. The van der Waals surface area contributed by atoms with Crippen LogP contribution in [0.15, 0.2) is 73.4 Å². The number of aromatic nitrogens is 5. The summed E-state index contributed by atoms with van der Waals surface area (Å²) in [6.45, 7) is 0. The molecule has 130 valence electrons. The molecule has 6 heteroatoms. The molecule has 0 aliphatic heterocycles. The van der Waals surface area contributed by atoms with Crippen LogP contribution in [0.25, 0.3) is 39.1 Å². The number of pyridine rings is 2. The van der Waals surface area contributed by atoms with Gasteiger partial charge in [0, 0.05) is 41.2 Å². The van der Waals surface area contributed by atoms with Crippen LogP contribution in [-0.2, 0) is 0 Å². The van der Waals surface area contributed by atoms with Crippen LogP contribution in [0.4, 0.5) is 0 Å². The molecule has 0 spiro atoms. The minimum atomic E-state index is 0.577. The maximum absolute atomic E-state index is 5.12. The van der Waals surface area contributed by atoms with Crippen molar-refractivity contribution in [2.45, 2.75) is 0 Å². The predicted octanol–water partition coefficient (Wildman–Crippen LogP) is 4.02. The Bertz CT molecular complexity index is 1260. The van der Waals surface area contributed by atoms with Crippen molar-refractivity contribution < 1.29 is 4.74 Å². The zero-order chi connectivity index (χ0) is 18.2. The van der Waals surface area contributed by atoms with Crippen molar-refractivity contribution in [2.24, 2.45) is 0 Å². The van der Waals surface area contributed by atoms with E-state index in [1.165, 1.54) is 0 Å². The van der Waals surface area contributed by atoms with E-state index < -0.39 is 0 Å². The highest BCUT2D eigenvalue weighted by atomic mass is 16.5. The largest absolute Gasteiger partial charge is 0.481 e. The quantitative estimate of drug-likeness (QED) is 0.490. The number of imidazole rings is 1. The van der Waals surface area contributed by atoms with E-state index in [-0.39, 0.29) is 0 Å². The molecule has 0 amide bonds. The first-order valence-electron chi connectivity index (χ1n) is 8.50. The van der Waals surface area contributed by atoms with Crippen LogP contribution in [0.2, 0.25) is 0 Å². The molecule has 6 nitrogen and oxygen atoms in total. The number of hydrogen-bond acceptors (Lipinski definition) is 5. The van der Waals surface area contributed by atoms with Gasteiger partial charge in [0.1, 0.15) is 0 Å². The smallest absolute Gasteiger partial charge is 0.212 e. The molecule has 0 radical (unpaired) electrons. The Hall–Kier alpha value is -3.80. The van der Waals surface area contributed by atoms with Gasteiger partial charge in [-0.2, -0.15) is 0 Å². The number of rotatable bonds is 3. The van der Waals surface area contributed by atoms with Gasteiger partial charge in [-0.25, -0.2) is 9.97 Å². The van der Waals surface area contributed by atoms with E-state index in [4.69, 9.17) is 4.74 Å². The fraction of sp³-hybridized carbons (Fsp3) is 0.0476. The molecule has 4 heterocycles. The van der Waals surface area contributed by atoms with E-state index in [1.54, 1.807) is 25.7 Å². The van der Waals surface area contributed by atoms with Gasteiger partial charge in [-0.05, 0) is 24.3 Å². The van der Waals surface area contributed by atoms with Gasteiger partial charge in [-0.3, -0.25) is 14.4 Å². The highest BCUT2D eigenvalue weighted by Crippen LogP contribution is 2.26. The van der Waals surface area contributed by atoms with Crippen molar-refractivity contribution in [3.8, 4) is 28.4 Å². The molecule has 0 N–H and O–H groups in total. The molecule has 0 atom stereocenters. The second-order valence-electron chi connectivity index (χ2n) is 6.14. The van der Waals surface area contributed by atoms with Crippen molar-refractivity contribution in [1.29, 1.82) is 0 Å². The zero-order valence-electron chi connectivity index (χ0n) is 14.6. The number of benzene rings is 1. The first kappa shape index (κ1) is 15.5. The number of ether oxygens (including phenoxy) is 1. The average Bonchev–Trinajstić information content (AvgIpc) is 3.16. The van der Waals surface area contributed by atoms with E-state index in [2.05, 4.69) is 38.1 Å². The molecule has 0 bridgehead atoms. The molecule has 0 fully saturated rings. The van der Waals surface area contributed by atoms with Gasteiger partial charge >= 0.3 is 0 Å². The summed E-state index contributed by atoms with van der Waals surface area (Å²) in [5, 5.41) is 1.10. The highest BCUT2D eigenvalue weighted by Gasteiger charge is 2.10. The Kier molecular flexibility index (Phi) is 3.53. The van der Waals surface area contributed by atoms with Crippen LogP contribution in [0.1, 0.15) is 0 Å². The highest BCUT2D eigenvalue weighted by molar-refractivity contribution is 5.84. The molecule has 4 aromatic heterocycles. The van der Waals surface area contributed by atoms with Crippen molar-refractivity contribution in [3.63, 3.8) is 0 Å². The molecule has 0 aliphatic carbocycles. The Balaban J connectivity index is 1.63. The lowest BCUT2D eigenvalue weighted by Crippen LogP contribution is -1.94. The van der Waals surface area contributed by atoms with Gasteiger partial charge in [0.2, 0.25) is 5.88 Å². The normalized spacial score (nSPS) is 11.1. The third kappa shape index (κ3) is 2.67. The van der Waals surface area contributed by atoms with Crippen LogP contribution in [0.5, 0.6) is 5.88 Å². The lowest BCUT2D eigenvalue weighted by molar-refractivity contribution is 0.398. The molecule has 0 unspecified atom stereocenters. The molecule has 0 saturated carbocycles. The first-order chi connectivity index (χ1) is 13.3. The minimum absolute atomic E-state index is 0.577. The summed E-state index contributed by atoms with van der Waals surface area (Å²) in [4.78, 5) is 17.6. The Morgan fingerprint density at radius 3 is 2.63 bits per heavy atom. The van der Waals surface area contributed by atoms with Gasteiger partial charge in [-0.15, -0.1) is 0 Å². The third-order valence-corrected chi connectivity index (χ3v) is 4.54. The van der Waals surface area contributed by atoms with E-state index >= 15 is 0 Å². The molecule has 0 aliphatic rings. The number of methoxy groups -OCH3 is 1. The van der Waals surface area contributed by atoms with Crippen molar-refractivity contribution in [3.05, 3.63) is 73.4 Å². The van der Waals surface area contributed by atoms with Crippen LogP contribution in [-0.4, -0.2) is 31.4 Å². The van der Waals surface area contributed by atoms with E-state index in [1.807, 2.05) is 41.1 Å². The van der Waals surface area contributed by atoms with E-state index in [9.17, 15) is 0 Å². The zero-order valence-corrected chi connectivity index (χ0v) is 14.6. The van der Waals surface area contributed by atoms with E-state index in [0.717, 1.165) is 39.1 Å². The van der Waals surface area contributed by atoms with Crippen LogP contribution in [0.3, 0.4) is 0 Å². The van der Waals surface area contributed by atoms with Gasteiger partial charge in [0.25, 0.3) is 0 Å². The summed E-state index contributed by atoms with van der Waals surface area (Å²) >= 11 is 0.